The molecule has 0 aliphatic carbocycles. The van der Waals surface area contributed by atoms with E-state index < -0.39 is 0 Å². The average molecular weight is 389 g/mol. The van der Waals surface area contributed by atoms with E-state index in [1.807, 2.05) is 18.2 Å². The van der Waals surface area contributed by atoms with Gasteiger partial charge in [0.05, 0.1) is 21.8 Å². The van der Waals surface area contributed by atoms with E-state index in [4.69, 9.17) is 22.4 Å². The molecule has 0 saturated carbocycles. The van der Waals surface area contributed by atoms with Gasteiger partial charge in [0, 0.05) is 21.7 Å². The van der Waals surface area contributed by atoms with Crippen molar-refractivity contribution >= 4 is 38.9 Å². The number of thiazole rings is 1. The maximum absolute atomic E-state index is 6.15. The molecular weight excluding hydrogens is 370 g/mol. The highest BCUT2D eigenvalue weighted by Gasteiger charge is 2.19. The van der Waals surface area contributed by atoms with Gasteiger partial charge in [-0.25, -0.2) is 4.98 Å². The summed E-state index contributed by atoms with van der Waals surface area (Å²) in [4.78, 5) is 4.72. The summed E-state index contributed by atoms with van der Waals surface area (Å²) in [5, 5.41) is 3.88. The number of nitrogens with one attached hydrogen (secondary N) is 1. The Balaban J connectivity index is 2.19. The predicted octanol–water partition coefficient (Wildman–Crippen LogP) is 4.60. The van der Waals surface area contributed by atoms with Crippen LogP contribution in [0.25, 0.3) is 0 Å². The average Bonchev–Trinajstić information content (AvgIpc) is 2.88. The number of nitrogens with zero attached hydrogens (tertiary/aromatic N) is 1. The van der Waals surface area contributed by atoms with Crippen LogP contribution >= 0.6 is 38.9 Å². The van der Waals surface area contributed by atoms with Crippen LogP contribution in [0.5, 0.6) is 0 Å². The molecule has 0 fully saturated rings. The van der Waals surface area contributed by atoms with Crippen molar-refractivity contribution in [3.05, 3.63) is 49.3 Å². The molecule has 1 heterocycles. The molecule has 2 aromatic rings. The van der Waals surface area contributed by atoms with E-state index >= 15 is 0 Å². The Bertz CT molecular complexity index is 622. The molecule has 1 aromatic carbocycles. The number of aromatic nitrogens is 1. The van der Waals surface area contributed by atoms with E-state index in [9.17, 15) is 0 Å². The first-order chi connectivity index (χ1) is 9.81. The van der Waals surface area contributed by atoms with Crippen LogP contribution in [0.4, 0.5) is 0 Å². The minimum atomic E-state index is -0.00503. The lowest BCUT2D eigenvalue weighted by molar-refractivity contribution is 0.541. The molecule has 1 atom stereocenters. The van der Waals surface area contributed by atoms with Crippen molar-refractivity contribution in [3.8, 4) is 0 Å². The zero-order valence-corrected chi connectivity index (χ0v) is 15.4. The summed E-state index contributed by atoms with van der Waals surface area (Å²) in [7, 11) is 0. The first kappa shape index (κ1) is 16.9. The second-order valence-corrected chi connectivity index (χ2v) is 8.18. The molecule has 6 heteroatoms. The fraction of sp³-hybridized carbons (Fsp3) is 0.400. The molecule has 2 rings (SSSR count). The first-order valence-electron chi connectivity index (χ1n) is 6.67. The van der Waals surface area contributed by atoms with Crippen molar-refractivity contribution < 1.29 is 0 Å². The fourth-order valence-corrected chi connectivity index (χ4v) is 3.43. The van der Waals surface area contributed by atoms with Gasteiger partial charge in [-0.05, 0) is 33.6 Å². The lowest BCUT2D eigenvalue weighted by atomic mass is 9.93. The van der Waals surface area contributed by atoms with Crippen LogP contribution in [-0.4, -0.2) is 4.98 Å². The Morgan fingerprint density at radius 1 is 1.43 bits per heavy atom. The van der Waals surface area contributed by atoms with Crippen molar-refractivity contribution in [3.63, 3.8) is 0 Å². The third-order valence-corrected chi connectivity index (χ3v) is 5.35. The second kappa shape index (κ2) is 6.75. The maximum atomic E-state index is 6.15. The van der Waals surface area contributed by atoms with Gasteiger partial charge in [0.2, 0.25) is 0 Å². The van der Waals surface area contributed by atoms with Crippen LogP contribution in [0.3, 0.4) is 0 Å². The third kappa shape index (κ3) is 4.27. The van der Waals surface area contributed by atoms with E-state index in [1.165, 1.54) is 0 Å². The molecule has 1 aromatic heterocycles. The Morgan fingerprint density at radius 2 is 2.14 bits per heavy atom. The molecular formula is C15H19BrClN3S. The highest BCUT2D eigenvalue weighted by atomic mass is 79.9. The Hall–Kier alpha value is -0.460. The second-order valence-electron chi connectivity index (χ2n) is 5.97. The molecule has 114 valence electrons. The van der Waals surface area contributed by atoms with Gasteiger partial charge in [-0.2, -0.15) is 0 Å². The lowest BCUT2D eigenvalue weighted by Gasteiger charge is -2.16. The van der Waals surface area contributed by atoms with Crippen molar-refractivity contribution in [2.75, 3.05) is 0 Å². The zero-order valence-electron chi connectivity index (χ0n) is 12.3. The molecule has 3 N–H and O–H groups in total. The van der Waals surface area contributed by atoms with E-state index in [1.54, 1.807) is 11.3 Å². The van der Waals surface area contributed by atoms with Crippen LogP contribution < -0.4 is 11.3 Å². The van der Waals surface area contributed by atoms with Gasteiger partial charge >= 0.3 is 0 Å². The first-order valence-corrected chi connectivity index (χ1v) is 8.72. The largest absolute Gasteiger partial charge is 0.271 e. The van der Waals surface area contributed by atoms with Gasteiger partial charge in [-0.3, -0.25) is 11.3 Å². The smallest absolute Gasteiger partial charge is 0.0948 e. The van der Waals surface area contributed by atoms with Gasteiger partial charge < -0.3 is 0 Å². The molecule has 0 aliphatic rings. The van der Waals surface area contributed by atoms with Crippen molar-refractivity contribution in [1.82, 2.24) is 10.4 Å². The third-order valence-electron chi connectivity index (χ3n) is 3.25. The minimum absolute atomic E-state index is 0.00503. The maximum Gasteiger partial charge on any atom is 0.0948 e. The molecule has 1 unspecified atom stereocenters. The van der Waals surface area contributed by atoms with Crippen molar-refractivity contribution in [1.29, 1.82) is 0 Å². The van der Waals surface area contributed by atoms with Crippen LogP contribution in [0.1, 0.15) is 43.1 Å². The van der Waals surface area contributed by atoms with Gasteiger partial charge in [0.1, 0.15) is 0 Å². The number of nitrogens with two attached hydrogens (primary N) is 1. The Labute approximate surface area is 143 Å². The number of rotatable bonds is 4. The van der Waals surface area contributed by atoms with Crippen LogP contribution in [0, 0.1) is 0 Å². The fourth-order valence-electron chi connectivity index (χ4n) is 1.93. The summed E-state index contributed by atoms with van der Waals surface area (Å²) >= 11 is 11.2. The Morgan fingerprint density at radius 3 is 2.67 bits per heavy atom. The molecule has 3 nitrogen and oxygen atoms in total. The predicted molar refractivity (Wildman–Crippen MR) is 93.7 cm³/mol. The van der Waals surface area contributed by atoms with Crippen LogP contribution in [0.2, 0.25) is 5.02 Å². The summed E-state index contributed by atoms with van der Waals surface area (Å²) in [6.45, 7) is 6.50. The van der Waals surface area contributed by atoms with E-state index in [0.29, 0.717) is 5.02 Å². The number of benzene rings is 1. The number of hydrogen-bond acceptors (Lipinski definition) is 4. The van der Waals surface area contributed by atoms with Crippen LogP contribution in [0.15, 0.2) is 28.1 Å². The standard InChI is InChI=1S/C15H19BrClN3S/c1-15(2,3)13-8-21-14(19-13)7-12(20-18)9-4-5-10(16)11(17)6-9/h4-6,8,12,20H,7,18H2,1-3H3. The van der Waals surface area contributed by atoms with Gasteiger partial charge in [0.15, 0.2) is 0 Å². The summed E-state index contributed by atoms with van der Waals surface area (Å²) in [6.07, 6.45) is 0.745. The highest BCUT2D eigenvalue weighted by Crippen LogP contribution is 2.29. The zero-order chi connectivity index (χ0) is 15.6. The summed E-state index contributed by atoms with van der Waals surface area (Å²) in [5.74, 6) is 5.71. The number of hydrazine groups is 1. The topological polar surface area (TPSA) is 50.9 Å². The van der Waals surface area contributed by atoms with Crippen molar-refractivity contribution in [2.24, 2.45) is 5.84 Å². The van der Waals surface area contributed by atoms with Crippen molar-refractivity contribution in [2.45, 2.75) is 38.6 Å². The monoisotopic (exact) mass is 387 g/mol. The van der Waals surface area contributed by atoms with Gasteiger partial charge in [-0.15, -0.1) is 11.3 Å². The molecule has 21 heavy (non-hydrogen) atoms. The number of halogens is 2. The lowest BCUT2D eigenvalue weighted by Crippen LogP contribution is -2.29. The minimum Gasteiger partial charge on any atom is -0.271 e. The van der Waals surface area contributed by atoms with Crippen LogP contribution in [-0.2, 0) is 11.8 Å². The molecule has 0 radical (unpaired) electrons. The molecule has 0 bridgehead atoms. The summed E-state index contributed by atoms with van der Waals surface area (Å²) < 4.78 is 0.882. The van der Waals surface area contributed by atoms with E-state index in [-0.39, 0.29) is 11.5 Å². The Kier molecular flexibility index (Phi) is 5.43. The number of hydrogen-bond donors (Lipinski definition) is 2. The molecule has 0 spiro atoms. The van der Waals surface area contributed by atoms with Gasteiger partial charge in [-0.1, -0.05) is 38.4 Å². The quantitative estimate of drug-likeness (QED) is 0.594. The normalized spacial score (nSPS) is 13.4. The molecule has 0 aliphatic heterocycles. The van der Waals surface area contributed by atoms with E-state index in [0.717, 1.165) is 27.2 Å². The van der Waals surface area contributed by atoms with Gasteiger partial charge in [0.25, 0.3) is 0 Å². The SMILES string of the molecule is CC(C)(C)c1csc(CC(NN)c2ccc(Br)c(Cl)c2)n1. The summed E-state index contributed by atoms with van der Waals surface area (Å²) in [6, 6.07) is 5.87. The summed E-state index contributed by atoms with van der Waals surface area (Å²) in [5.41, 5.74) is 5.10. The molecule has 0 amide bonds. The van der Waals surface area contributed by atoms with E-state index in [2.05, 4.69) is 47.5 Å². The highest BCUT2D eigenvalue weighted by molar-refractivity contribution is 9.10. The molecule has 0 saturated heterocycles.